The summed E-state index contributed by atoms with van der Waals surface area (Å²) in [6.45, 7) is 2.14. The highest BCUT2D eigenvalue weighted by Gasteiger charge is 2.10. The predicted molar refractivity (Wildman–Crippen MR) is 63.7 cm³/mol. The average Bonchev–Trinajstić information content (AvgIpc) is 2.75. The summed E-state index contributed by atoms with van der Waals surface area (Å²) in [5.74, 6) is -0.356. The highest BCUT2D eigenvalue weighted by atomic mass is 19.1. The van der Waals surface area contributed by atoms with Gasteiger partial charge >= 0.3 is 0 Å². The van der Waals surface area contributed by atoms with E-state index in [1.807, 2.05) is 0 Å². The average molecular weight is 248 g/mol. The van der Waals surface area contributed by atoms with Crippen molar-refractivity contribution in [1.82, 2.24) is 10.3 Å². The van der Waals surface area contributed by atoms with E-state index in [0.29, 0.717) is 18.9 Å². The monoisotopic (exact) mass is 248 g/mol. The molecule has 1 amide bonds. The maximum Gasteiger partial charge on any atom is 0.254 e. The quantitative estimate of drug-likeness (QED) is 0.901. The second-order valence-electron chi connectivity index (χ2n) is 3.84. The van der Waals surface area contributed by atoms with E-state index >= 15 is 0 Å². The van der Waals surface area contributed by atoms with E-state index in [0.717, 1.165) is 5.69 Å². The van der Waals surface area contributed by atoms with Crippen molar-refractivity contribution in [1.29, 1.82) is 0 Å². The summed E-state index contributed by atoms with van der Waals surface area (Å²) in [5.41, 5.74) is 0.815. The molecule has 0 aliphatic carbocycles. The van der Waals surface area contributed by atoms with Crippen LogP contribution in [0.3, 0.4) is 0 Å². The molecule has 0 aliphatic rings. The number of carbonyl (C=O) groups is 1. The minimum absolute atomic E-state index is 0.0498. The zero-order chi connectivity index (χ0) is 13.0. The highest BCUT2D eigenvalue weighted by molar-refractivity contribution is 5.94. The third kappa shape index (κ3) is 2.94. The number of hydrogen-bond acceptors (Lipinski definition) is 3. The lowest BCUT2D eigenvalue weighted by atomic mass is 10.2. The maximum absolute atomic E-state index is 13.3. The minimum atomic E-state index is -0.521. The zero-order valence-electron chi connectivity index (χ0n) is 9.94. The van der Waals surface area contributed by atoms with Crippen molar-refractivity contribution in [2.24, 2.45) is 0 Å². The summed E-state index contributed by atoms with van der Waals surface area (Å²) in [7, 11) is 0. The Bertz CT molecular complexity index is 551. The first-order valence-electron chi connectivity index (χ1n) is 5.60. The third-order valence-corrected chi connectivity index (χ3v) is 2.45. The Morgan fingerprint density at radius 3 is 2.89 bits per heavy atom. The van der Waals surface area contributed by atoms with Gasteiger partial charge in [-0.3, -0.25) is 4.79 Å². The Morgan fingerprint density at radius 2 is 2.22 bits per heavy atom. The van der Waals surface area contributed by atoms with Crippen LogP contribution in [0.5, 0.6) is 0 Å². The van der Waals surface area contributed by atoms with Crippen LogP contribution >= 0.6 is 0 Å². The Balaban J connectivity index is 1.87. The van der Waals surface area contributed by atoms with Crippen molar-refractivity contribution >= 4 is 5.91 Å². The second-order valence-corrected chi connectivity index (χ2v) is 3.84. The van der Waals surface area contributed by atoms with Crippen LogP contribution in [0, 0.1) is 12.7 Å². The third-order valence-electron chi connectivity index (χ3n) is 2.45. The number of halogens is 1. The molecule has 0 saturated carbocycles. The van der Waals surface area contributed by atoms with E-state index in [1.54, 1.807) is 25.3 Å². The Hall–Kier alpha value is -2.17. The lowest BCUT2D eigenvalue weighted by Crippen LogP contribution is -2.26. The van der Waals surface area contributed by atoms with Crippen molar-refractivity contribution in [2.45, 2.75) is 13.3 Å². The molecule has 1 aromatic carbocycles. The molecule has 0 fully saturated rings. The van der Waals surface area contributed by atoms with Crippen LogP contribution in [-0.4, -0.2) is 17.4 Å². The first kappa shape index (κ1) is 12.3. The minimum Gasteiger partial charge on any atom is -0.449 e. The van der Waals surface area contributed by atoms with E-state index < -0.39 is 11.7 Å². The summed E-state index contributed by atoms with van der Waals surface area (Å²) in [5, 5.41) is 2.64. The molecule has 1 N–H and O–H groups in total. The van der Waals surface area contributed by atoms with Crippen molar-refractivity contribution in [3.8, 4) is 0 Å². The molecule has 1 heterocycles. The molecule has 0 saturated heterocycles. The smallest absolute Gasteiger partial charge is 0.254 e. The Kier molecular flexibility index (Phi) is 3.72. The number of oxazole rings is 1. The first-order valence-corrected chi connectivity index (χ1v) is 5.60. The van der Waals surface area contributed by atoms with Gasteiger partial charge in [0.2, 0.25) is 0 Å². The molecule has 0 aliphatic heterocycles. The molecule has 0 unspecified atom stereocenters. The van der Waals surface area contributed by atoms with Gasteiger partial charge in [0.25, 0.3) is 5.91 Å². The molecule has 94 valence electrons. The van der Waals surface area contributed by atoms with Gasteiger partial charge in [-0.1, -0.05) is 12.1 Å². The molecule has 5 heteroatoms. The Morgan fingerprint density at radius 1 is 1.44 bits per heavy atom. The summed E-state index contributed by atoms with van der Waals surface area (Å²) in [6.07, 6.45) is 2.10. The summed E-state index contributed by atoms with van der Waals surface area (Å²) < 4.78 is 18.3. The number of nitrogens with one attached hydrogen (secondary N) is 1. The molecular weight excluding hydrogens is 235 g/mol. The molecule has 2 rings (SSSR count). The van der Waals surface area contributed by atoms with Gasteiger partial charge < -0.3 is 9.73 Å². The number of benzene rings is 1. The molecule has 0 spiro atoms. The first-order chi connectivity index (χ1) is 8.66. The molecule has 1 aromatic heterocycles. The van der Waals surface area contributed by atoms with Crippen LogP contribution in [0.15, 0.2) is 34.9 Å². The fourth-order valence-electron chi connectivity index (χ4n) is 1.57. The molecule has 18 heavy (non-hydrogen) atoms. The van der Waals surface area contributed by atoms with Gasteiger partial charge in [-0.05, 0) is 12.1 Å². The number of rotatable bonds is 4. The largest absolute Gasteiger partial charge is 0.449 e. The van der Waals surface area contributed by atoms with Crippen molar-refractivity contribution in [3.05, 3.63) is 53.5 Å². The second kappa shape index (κ2) is 5.44. The molecule has 0 atom stereocenters. The topological polar surface area (TPSA) is 55.1 Å². The lowest BCUT2D eigenvalue weighted by Gasteiger charge is -2.04. The number of hydrogen-bond donors (Lipinski definition) is 1. The van der Waals surface area contributed by atoms with Crippen LogP contribution in [0.1, 0.15) is 21.9 Å². The van der Waals surface area contributed by atoms with Crippen LogP contribution < -0.4 is 5.32 Å². The van der Waals surface area contributed by atoms with Gasteiger partial charge in [-0.15, -0.1) is 0 Å². The number of aromatic nitrogens is 1. The van der Waals surface area contributed by atoms with E-state index in [-0.39, 0.29) is 5.56 Å². The summed E-state index contributed by atoms with van der Waals surface area (Å²) in [6, 6.07) is 5.88. The number of amides is 1. The van der Waals surface area contributed by atoms with Crippen LogP contribution in [-0.2, 0) is 6.42 Å². The summed E-state index contributed by atoms with van der Waals surface area (Å²) in [4.78, 5) is 15.8. The standard InChI is InChI=1S/C13H13FN2O2/c1-9-16-10(8-18-9)6-7-15-13(17)11-4-2-3-5-12(11)14/h2-5,8H,6-7H2,1H3,(H,15,17). The van der Waals surface area contributed by atoms with Gasteiger partial charge in [-0.25, -0.2) is 9.37 Å². The molecule has 4 nitrogen and oxygen atoms in total. The number of carbonyl (C=O) groups excluding carboxylic acids is 1. The van der Waals surface area contributed by atoms with Gasteiger partial charge in [0, 0.05) is 19.9 Å². The predicted octanol–water partition coefficient (Wildman–Crippen LogP) is 2.09. The highest BCUT2D eigenvalue weighted by Crippen LogP contribution is 2.06. The number of aryl methyl sites for hydroxylation is 1. The summed E-state index contributed by atoms with van der Waals surface area (Å²) >= 11 is 0. The van der Waals surface area contributed by atoms with E-state index in [1.165, 1.54) is 12.1 Å². The van der Waals surface area contributed by atoms with E-state index in [9.17, 15) is 9.18 Å². The van der Waals surface area contributed by atoms with Crippen molar-refractivity contribution in [3.63, 3.8) is 0 Å². The van der Waals surface area contributed by atoms with Gasteiger partial charge in [-0.2, -0.15) is 0 Å². The Labute approximate surface area is 104 Å². The lowest BCUT2D eigenvalue weighted by molar-refractivity contribution is 0.0950. The number of nitrogens with zero attached hydrogens (tertiary/aromatic N) is 1. The SMILES string of the molecule is Cc1nc(CCNC(=O)c2ccccc2F)co1. The van der Waals surface area contributed by atoms with Crippen LogP contribution in [0.2, 0.25) is 0 Å². The molecule has 2 aromatic rings. The van der Waals surface area contributed by atoms with Crippen LogP contribution in [0.25, 0.3) is 0 Å². The normalized spacial score (nSPS) is 10.3. The fourth-order valence-corrected chi connectivity index (χ4v) is 1.57. The molecular formula is C13H13FN2O2. The van der Waals surface area contributed by atoms with Gasteiger partial charge in [0.15, 0.2) is 5.89 Å². The zero-order valence-corrected chi connectivity index (χ0v) is 9.94. The van der Waals surface area contributed by atoms with Crippen LogP contribution in [0.4, 0.5) is 4.39 Å². The van der Waals surface area contributed by atoms with E-state index in [2.05, 4.69) is 10.3 Å². The van der Waals surface area contributed by atoms with Gasteiger partial charge in [0.05, 0.1) is 11.3 Å². The molecule has 0 radical (unpaired) electrons. The fraction of sp³-hybridized carbons (Fsp3) is 0.231. The van der Waals surface area contributed by atoms with Gasteiger partial charge in [0.1, 0.15) is 12.1 Å². The van der Waals surface area contributed by atoms with Crippen molar-refractivity contribution < 1.29 is 13.6 Å². The molecule has 0 bridgehead atoms. The van der Waals surface area contributed by atoms with Crippen molar-refractivity contribution in [2.75, 3.05) is 6.54 Å². The van der Waals surface area contributed by atoms with E-state index in [4.69, 9.17) is 4.42 Å². The maximum atomic E-state index is 13.3.